The predicted molar refractivity (Wildman–Crippen MR) is 76.0 cm³/mol. The van der Waals surface area contributed by atoms with Crippen LogP contribution in [-0.4, -0.2) is 7.05 Å². The van der Waals surface area contributed by atoms with Crippen molar-refractivity contribution in [3.8, 4) is 0 Å². The lowest BCUT2D eigenvalue weighted by Gasteiger charge is -2.09. The molecule has 0 atom stereocenters. The highest BCUT2D eigenvalue weighted by Gasteiger charge is 2.01. The lowest BCUT2D eigenvalue weighted by atomic mass is 10.0. The molecule has 17 heavy (non-hydrogen) atoms. The average Bonchev–Trinajstić information content (AvgIpc) is 2.40. The first kappa shape index (κ1) is 11.5. The Labute approximate surface area is 103 Å². The summed E-state index contributed by atoms with van der Waals surface area (Å²) in [5.41, 5.74) is 4.91. The largest absolute Gasteiger partial charge is 0.388 e. The molecule has 0 radical (unpaired) electrons. The molecule has 86 valence electrons. The van der Waals surface area contributed by atoms with Gasteiger partial charge in [0.15, 0.2) is 0 Å². The van der Waals surface area contributed by atoms with Crippen LogP contribution in [0.3, 0.4) is 0 Å². The van der Waals surface area contributed by atoms with Crippen molar-refractivity contribution in [3.05, 3.63) is 65.7 Å². The maximum absolute atomic E-state index is 3.22. The molecule has 0 heterocycles. The average molecular weight is 223 g/mol. The van der Waals surface area contributed by atoms with Crippen LogP contribution in [0.2, 0.25) is 0 Å². The van der Waals surface area contributed by atoms with Crippen LogP contribution in [0.4, 0.5) is 5.69 Å². The predicted octanol–water partition coefficient (Wildman–Crippen LogP) is 4.29. The summed E-state index contributed by atoms with van der Waals surface area (Å²) in [7, 11) is 1.95. The Balaban J connectivity index is 2.37. The van der Waals surface area contributed by atoms with Crippen molar-refractivity contribution >= 4 is 17.3 Å². The number of rotatable bonds is 3. The Bertz CT molecular complexity index is 512. The van der Waals surface area contributed by atoms with Gasteiger partial charge in [-0.15, -0.1) is 0 Å². The number of allylic oxidation sites excluding steroid dienone is 1. The zero-order valence-corrected chi connectivity index (χ0v) is 10.3. The van der Waals surface area contributed by atoms with Gasteiger partial charge in [0, 0.05) is 18.3 Å². The standard InChI is InChI=1S/C16H17N/c1-13(12-14-8-4-3-5-9-14)15-10-6-7-11-16(15)17-2/h3-12,17H,1-2H3/b13-12+. The summed E-state index contributed by atoms with van der Waals surface area (Å²) < 4.78 is 0. The number of para-hydroxylation sites is 1. The van der Waals surface area contributed by atoms with Crippen LogP contribution in [0.1, 0.15) is 18.1 Å². The van der Waals surface area contributed by atoms with Crippen LogP contribution >= 0.6 is 0 Å². The molecule has 0 aliphatic carbocycles. The molecule has 0 aliphatic rings. The van der Waals surface area contributed by atoms with E-state index in [-0.39, 0.29) is 0 Å². The van der Waals surface area contributed by atoms with E-state index in [1.165, 1.54) is 16.7 Å². The molecule has 1 heteroatoms. The molecule has 1 nitrogen and oxygen atoms in total. The van der Waals surface area contributed by atoms with Crippen molar-refractivity contribution in [1.82, 2.24) is 0 Å². The van der Waals surface area contributed by atoms with E-state index in [1.807, 2.05) is 19.2 Å². The number of nitrogens with one attached hydrogen (secondary N) is 1. The molecule has 1 N–H and O–H groups in total. The van der Waals surface area contributed by atoms with E-state index in [2.05, 4.69) is 60.8 Å². The first-order valence-electron chi connectivity index (χ1n) is 5.82. The zero-order chi connectivity index (χ0) is 12.1. The van der Waals surface area contributed by atoms with Crippen LogP contribution in [0.15, 0.2) is 54.6 Å². The molecule has 2 rings (SSSR count). The van der Waals surface area contributed by atoms with Crippen molar-refractivity contribution in [2.45, 2.75) is 6.92 Å². The van der Waals surface area contributed by atoms with Gasteiger partial charge in [-0.2, -0.15) is 0 Å². The smallest absolute Gasteiger partial charge is 0.0413 e. The minimum Gasteiger partial charge on any atom is -0.388 e. The van der Waals surface area contributed by atoms with E-state index in [0.29, 0.717) is 0 Å². The minimum atomic E-state index is 1.16. The van der Waals surface area contributed by atoms with Crippen LogP contribution < -0.4 is 5.32 Å². The second-order valence-corrected chi connectivity index (χ2v) is 4.03. The van der Waals surface area contributed by atoms with Crippen molar-refractivity contribution in [2.24, 2.45) is 0 Å². The lowest BCUT2D eigenvalue weighted by molar-refractivity contribution is 1.47. The van der Waals surface area contributed by atoms with Gasteiger partial charge in [-0.25, -0.2) is 0 Å². The molecule has 0 aliphatic heterocycles. The maximum Gasteiger partial charge on any atom is 0.0413 e. The van der Waals surface area contributed by atoms with Gasteiger partial charge in [-0.05, 0) is 24.1 Å². The normalized spacial score (nSPS) is 11.3. The van der Waals surface area contributed by atoms with E-state index in [4.69, 9.17) is 0 Å². The van der Waals surface area contributed by atoms with E-state index < -0.39 is 0 Å². The van der Waals surface area contributed by atoms with Gasteiger partial charge in [0.1, 0.15) is 0 Å². The summed E-state index contributed by atoms with van der Waals surface area (Å²) in [4.78, 5) is 0. The van der Waals surface area contributed by atoms with Gasteiger partial charge >= 0.3 is 0 Å². The fourth-order valence-electron chi connectivity index (χ4n) is 1.92. The molecule has 0 saturated heterocycles. The summed E-state index contributed by atoms with van der Waals surface area (Å²) >= 11 is 0. The van der Waals surface area contributed by atoms with Crippen molar-refractivity contribution in [1.29, 1.82) is 0 Å². The highest BCUT2D eigenvalue weighted by molar-refractivity contribution is 5.85. The Hall–Kier alpha value is -2.02. The Morgan fingerprint density at radius 3 is 2.29 bits per heavy atom. The van der Waals surface area contributed by atoms with Gasteiger partial charge in [-0.1, -0.05) is 54.6 Å². The summed E-state index contributed by atoms with van der Waals surface area (Å²) in [6.07, 6.45) is 2.20. The second-order valence-electron chi connectivity index (χ2n) is 4.03. The van der Waals surface area contributed by atoms with E-state index in [0.717, 1.165) is 5.69 Å². The third-order valence-electron chi connectivity index (χ3n) is 2.80. The molecule has 0 fully saturated rings. The highest BCUT2D eigenvalue weighted by atomic mass is 14.8. The number of benzene rings is 2. The molecular formula is C16H17N. The van der Waals surface area contributed by atoms with E-state index in [9.17, 15) is 0 Å². The highest BCUT2D eigenvalue weighted by Crippen LogP contribution is 2.24. The van der Waals surface area contributed by atoms with Crippen molar-refractivity contribution < 1.29 is 0 Å². The van der Waals surface area contributed by atoms with Gasteiger partial charge in [0.2, 0.25) is 0 Å². The molecule has 2 aromatic carbocycles. The lowest BCUT2D eigenvalue weighted by Crippen LogP contribution is -1.92. The number of hydrogen-bond donors (Lipinski definition) is 1. The molecule has 0 aromatic heterocycles. The molecule has 0 spiro atoms. The third-order valence-corrected chi connectivity index (χ3v) is 2.80. The molecule has 0 bridgehead atoms. The van der Waals surface area contributed by atoms with Gasteiger partial charge in [0.25, 0.3) is 0 Å². The van der Waals surface area contributed by atoms with E-state index in [1.54, 1.807) is 0 Å². The number of anilines is 1. The molecule has 0 saturated carbocycles. The fraction of sp³-hybridized carbons (Fsp3) is 0.125. The van der Waals surface area contributed by atoms with Crippen molar-refractivity contribution in [2.75, 3.05) is 12.4 Å². The number of hydrogen-bond acceptors (Lipinski definition) is 1. The monoisotopic (exact) mass is 223 g/mol. The van der Waals surface area contributed by atoms with Crippen LogP contribution in [-0.2, 0) is 0 Å². The fourth-order valence-corrected chi connectivity index (χ4v) is 1.92. The topological polar surface area (TPSA) is 12.0 Å². The minimum absolute atomic E-state index is 1.16. The first-order chi connectivity index (χ1) is 8.31. The SMILES string of the molecule is CNc1ccccc1/C(C)=C/c1ccccc1. The Kier molecular flexibility index (Phi) is 3.61. The van der Waals surface area contributed by atoms with Crippen LogP contribution in [0, 0.1) is 0 Å². The second kappa shape index (κ2) is 5.35. The summed E-state index contributed by atoms with van der Waals surface area (Å²) in [6.45, 7) is 2.14. The van der Waals surface area contributed by atoms with Crippen molar-refractivity contribution in [3.63, 3.8) is 0 Å². The van der Waals surface area contributed by atoms with Gasteiger partial charge in [0.05, 0.1) is 0 Å². The third kappa shape index (κ3) is 2.76. The summed E-state index contributed by atoms with van der Waals surface area (Å²) in [6, 6.07) is 18.7. The summed E-state index contributed by atoms with van der Waals surface area (Å²) in [5.74, 6) is 0. The first-order valence-corrected chi connectivity index (χ1v) is 5.82. The summed E-state index contributed by atoms with van der Waals surface area (Å²) in [5, 5.41) is 3.22. The zero-order valence-electron chi connectivity index (χ0n) is 10.3. The Morgan fingerprint density at radius 2 is 1.59 bits per heavy atom. The molecule has 2 aromatic rings. The van der Waals surface area contributed by atoms with Gasteiger partial charge in [-0.3, -0.25) is 0 Å². The van der Waals surface area contributed by atoms with Gasteiger partial charge < -0.3 is 5.32 Å². The quantitative estimate of drug-likeness (QED) is 0.765. The molecule has 0 amide bonds. The molecule has 0 unspecified atom stereocenters. The van der Waals surface area contributed by atoms with Crippen LogP contribution in [0.25, 0.3) is 11.6 Å². The molecular weight excluding hydrogens is 206 g/mol. The Morgan fingerprint density at radius 1 is 0.941 bits per heavy atom. The maximum atomic E-state index is 3.22. The van der Waals surface area contributed by atoms with Crippen LogP contribution in [0.5, 0.6) is 0 Å². The van der Waals surface area contributed by atoms with E-state index >= 15 is 0 Å².